The van der Waals surface area contributed by atoms with Gasteiger partial charge < -0.3 is 9.47 Å². The fraction of sp³-hybridized carbons (Fsp3) is 0.889. The lowest BCUT2D eigenvalue weighted by atomic mass is 9.52. The molecule has 5 aliphatic rings. The van der Waals surface area contributed by atoms with Crippen molar-refractivity contribution < 1.29 is 19.1 Å². The molecule has 0 amide bonds. The number of esters is 2. The Morgan fingerprint density at radius 2 is 1.08 bits per heavy atom. The zero-order valence-electron chi connectivity index (χ0n) is 15.3. The highest BCUT2D eigenvalue weighted by Crippen LogP contribution is 2.79. The molecule has 2 atom stereocenters. The van der Waals surface area contributed by atoms with E-state index < -0.39 is 10.8 Å². The molecule has 0 aromatic carbocycles. The molecular weight excluding hydrogens is 408 g/mol. The Balaban J connectivity index is 1.82. The fourth-order valence-corrected chi connectivity index (χ4v) is 13.1. The summed E-state index contributed by atoms with van der Waals surface area (Å²) in [7, 11) is 0. The third kappa shape index (κ3) is 2.47. The van der Waals surface area contributed by atoms with Crippen LogP contribution in [0.3, 0.4) is 0 Å². The summed E-state index contributed by atoms with van der Waals surface area (Å²) < 4.78 is 10.8. The van der Waals surface area contributed by atoms with Crippen LogP contribution >= 0.6 is 47.0 Å². The molecule has 4 nitrogen and oxygen atoms in total. The summed E-state index contributed by atoms with van der Waals surface area (Å²) in [6, 6.07) is 0. The number of carbonyl (C=O) groups excluding carboxylic acids is 2. The Morgan fingerprint density at radius 3 is 1.38 bits per heavy atom. The number of hydrogen-bond donors (Lipinski definition) is 0. The minimum atomic E-state index is -0.479. The lowest BCUT2D eigenvalue weighted by Crippen LogP contribution is -2.69. The third-order valence-corrected chi connectivity index (χ3v) is 13.9. The molecule has 2 spiro atoms. The van der Waals surface area contributed by atoms with E-state index in [1.165, 1.54) is 0 Å². The fourth-order valence-electron chi connectivity index (χ4n) is 5.25. The molecule has 8 heteroatoms. The molecule has 2 bridgehead atoms. The van der Waals surface area contributed by atoms with E-state index in [4.69, 9.17) is 9.47 Å². The van der Waals surface area contributed by atoms with Crippen molar-refractivity contribution in [1.82, 2.24) is 0 Å². The molecule has 0 N–H and O–H groups in total. The smallest absolute Gasteiger partial charge is 0.314 e. The van der Waals surface area contributed by atoms with Crippen LogP contribution in [0.15, 0.2) is 0 Å². The van der Waals surface area contributed by atoms with E-state index in [9.17, 15) is 9.59 Å². The van der Waals surface area contributed by atoms with E-state index in [1.54, 1.807) is 0 Å². The van der Waals surface area contributed by atoms with Crippen molar-refractivity contribution in [3.05, 3.63) is 0 Å². The van der Waals surface area contributed by atoms with Gasteiger partial charge in [0.1, 0.15) is 0 Å². The molecule has 0 aromatic rings. The van der Waals surface area contributed by atoms with Gasteiger partial charge in [-0.25, -0.2) is 0 Å². The van der Waals surface area contributed by atoms with Crippen LogP contribution in [0, 0.1) is 10.8 Å². The maximum absolute atomic E-state index is 13.3. The lowest BCUT2D eigenvalue weighted by Gasteiger charge is -2.65. The summed E-state index contributed by atoms with van der Waals surface area (Å²) in [5.74, 6) is 4.09. The van der Waals surface area contributed by atoms with Gasteiger partial charge in [-0.15, -0.1) is 47.0 Å². The highest BCUT2D eigenvalue weighted by atomic mass is 32.2. The molecule has 26 heavy (non-hydrogen) atoms. The molecule has 3 aliphatic carbocycles. The van der Waals surface area contributed by atoms with Gasteiger partial charge in [0.25, 0.3) is 0 Å². The van der Waals surface area contributed by atoms with Crippen LogP contribution < -0.4 is 0 Å². The third-order valence-electron chi connectivity index (χ3n) is 6.35. The molecule has 0 radical (unpaired) electrons. The average molecular weight is 435 g/mol. The van der Waals surface area contributed by atoms with E-state index in [-0.39, 0.29) is 20.1 Å². The standard InChI is InChI=1S/C18H26O4S4/c1-3-21-13(19)15-5-6-16(14(20)22-4-2,12-17(15)23-7-8-24-17)18(11-15)25-9-10-26-18/h3-12H2,1-2H3/t15-,16-/m1/s1. The van der Waals surface area contributed by atoms with Crippen molar-refractivity contribution in [3.8, 4) is 0 Å². The number of thioether (sulfide) groups is 4. The molecule has 0 aromatic heterocycles. The van der Waals surface area contributed by atoms with E-state index in [0.717, 1.165) is 48.7 Å². The van der Waals surface area contributed by atoms with Gasteiger partial charge in [-0.3, -0.25) is 9.59 Å². The SMILES string of the molecule is CCOC(=O)[C@]12CC[C@](C(=O)OCC)(CC13SCCS3)C1(C2)SCCS1. The Kier molecular flexibility index (Phi) is 5.28. The summed E-state index contributed by atoms with van der Waals surface area (Å²) in [5, 5.41) is 0. The van der Waals surface area contributed by atoms with Gasteiger partial charge in [0.2, 0.25) is 0 Å². The quantitative estimate of drug-likeness (QED) is 0.615. The second-order valence-corrected chi connectivity index (χ2v) is 13.5. The molecule has 5 rings (SSSR count). The van der Waals surface area contributed by atoms with Gasteiger partial charge in [-0.05, 0) is 39.5 Å². The number of rotatable bonds is 4. The largest absolute Gasteiger partial charge is 0.465 e. The first-order chi connectivity index (χ1) is 12.5. The first kappa shape index (κ1) is 19.6. The van der Waals surface area contributed by atoms with Crippen LogP contribution in [0.1, 0.15) is 39.5 Å². The van der Waals surface area contributed by atoms with E-state index in [0.29, 0.717) is 13.2 Å². The maximum atomic E-state index is 13.3. The van der Waals surface area contributed by atoms with Crippen molar-refractivity contribution in [2.45, 2.75) is 47.7 Å². The molecule has 0 unspecified atom stereocenters. The van der Waals surface area contributed by atoms with E-state index in [1.807, 2.05) is 60.9 Å². The predicted molar refractivity (Wildman–Crippen MR) is 112 cm³/mol. The van der Waals surface area contributed by atoms with Gasteiger partial charge in [0.15, 0.2) is 0 Å². The summed E-state index contributed by atoms with van der Waals surface area (Å²) in [6.07, 6.45) is 2.97. The highest BCUT2D eigenvalue weighted by Gasteiger charge is 2.78. The number of hydrogen-bond acceptors (Lipinski definition) is 8. The topological polar surface area (TPSA) is 52.6 Å². The van der Waals surface area contributed by atoms with Gasteiger partial charge in [-0.1, -0.05) is 0 Å². The Bertz CT molecular complexity index is 548. The van der Waals surface area contributed by atoms with Crippen LogP contribution in [0.25, 0.3) is 0 Å². The molecule has 146 valence electrons. The zero-order valence-corrected chi connectivity index (χ0v) is 18.6. The van der Waals surface area contributed by atoms with Gasteiger partial charge in [0.05, 0.1) is 32.2 Å². The highest BCUT2D eigenvalue weighted by molar-refractivity contribution is 8.22. The van der Waals surface area contributed by atoms with Crippen molar-refractivity contribution in [2.24, 2.45) is 10.8 Å². The Morgan fingerprint density at radius 1 is 0.731 bits per heavy atom. The lowest BCUT2D eigenvalue weighted by molar-refractivity contribution is -0.178. The first-order valence-electron chi connectivity index (χ1n) is 9.40. The molecule has 2 saturated heterocycles. The van der Waals surface area contributed by atoms with Crippen LogP contribution in [0.5, 0.6) is 0 Å². The van der Waals surface area contributed by atoms with Crippen LogP contribution in [-0.4, -0.2) is 56.3 Å². The van der Waals surface area contributed by atoms with E-state index >= 15 is 0 Å². The van der Waals surface area contributed by atoms with Gasteiger partial charge in [-0.2, -0.15) is 0 Å². The monoisotopic (exact) mass is 434 g/mol. The molecule has 2 heterocycles. The van der Waals surface area contributed by atoms with Crippen molar-refractivity contribution in [2.75, 3.05) is 36.2 Å². The van der Waals surface area contributed by atoms with Gasteiger partial charge in [0, 0.05) is 23.0 Å². The summed E-state index contributed by atoms with van der Waals surface area (Å²) in [5.41, 5.74) is -0.957. The Hall–Kier alpha value is 0.340. The van der Waals surface area contributed by atoms with E-state index in [2.05, 4.69) is 0 Å². The van der Waals surface area contributed by atoms with Gasteiger partial charge >= 0.3 is 11.9 Å². The number of carbonyl (C=O) groups is 2. The first-order valence-corrected chi connectivity index (χ1v) is 13.3. The Labute approximate surface area is 172 Å². The second kappa shape index (κ2) is 6.99. The van der Waals surface area contributed by atoms with Crippen LogP contribution in [-0.2, 0) is 19.1 Å². The van der Waals surface area contributed by atoms with Crippen LogP contribution in [0.2, 0.25) is 0 Å². The predicted octanol–water partition coefficient (Wildman–Crippen LogP) is 4.03. The van der Waals surface area contributed by atoms with Crippen molar-refractivity contribution in [1.29, 1.82) is 0 Å². The molecule has 5 fully saturated rings. The minimum absolute atomic E-state index is 0.0356. The molecule has 3 saturated carbocycles. The normalized spacial score (nSPS) is 36.5. The van der Waals surface area contributed by atoms with Crippen molar-refractivity contribution in [3.63, 3.8) is 0 Å². The average Bonchev–Trinajstić information content (AvgIpc) is 3.28. The summed E-state index contributed by atoms with van der Waals surface area (Å²) >= 11 is 7.58. The van der Waals surface area contributed by atoms with Crippen LogP contribution in [0.4, 0.5) is 0 Å². The molecular formula is C18H26O4S4. The second-order valence-electron chi connectivity index (χ2n) is 7.36. The maximum Gasteiger partial charge on any atom is 0.314 e. The summed E-state index contributed by atoms with van der Waals surface area (Å²) in [6.45, 7) is 4.61. The number of ether oxygens (including phenoxy) is 2. The number of fused-ring (bicyclic) bond motifs is 1. The van der Waals surface area contributed by atoms with Crippen molar-refractivity contribution >= 4 is 59.0 Å². The minimum Gasteiger partial charge on any atom is -0.465 e. The molecule has 2 aliphatic heterocycles. The summed E-state index contributed by atoms with van der Waals surface area (Å²) in [4.78, 5) is 26.6. The zero-order chi connectivity index (χ0) is 18.5.